The highest BCUT2D eigenvalue weighted by molar-refractivity contribution is 9.09. The summed E-state index contributed by atoms with van der Waals surface area (Å²) in [5.41, 5.74) is 0.422. The minimum Gasteiger partial charge on any atom is -0.0968 e. The van der Waals surface area contributed by atoms with Gasteiger partial charge in [0.15, 0.2) is 0 Å². The molecule has 0 bridgehead atoms. The predicted octanol–water partition coefficient (Wildman–Crippen LogP) is 3.21. The van der Waals surface area contributed by atoms with Crippen LogP contribution in [0.3, 0.4) is 0 Å². The van der Waals surface area contributed by atoms with Gasteiger partial charge < -0.3 is 0 Å². The molecule has 0 amide bonds. The number of alkyl halides is 1. The first-order chi connectivity index (χ1) is 4.83. The highest BCUT2D eigenvalue weighted by Gasteiger charge is 2.47. The van der Waals surface area contributed by atoms with Crippen molar-refractivity contribution >= 4 is 15.9 Å². The van der Waals surface area contributed by atoms with Crippen LogP contribution >= 0.6 is 15.9 Å². The molecule has 1 fully saturated rings. The largest absolute Gasteiger partial charge is 0.0968 e. The monoisotopic (exact) mass is 214 g/mol. The average molecular weight is 215 g/mol. The molecule has 1 aliphatic rings. The lowest BCUT2D eigenvalue weighted by Crippen LogP contribution is -2.02. The van der Waals surface area contributed by atoms with Crippen LogP contribution < -0.4 is 0 Å². The zero-order valence-electron chi connectivity index (χ0n) is 7.66. The molecule has 0 heterocycles. The molecule has 1 heteroatoms. The van der Waals surface area contributed by atoms with E-state index < -0.39 is 0 Å². The van der Waals surface area contributed by atoms with Gasteiger partial charge in [0.05, 0.1) is 0 Å². The van der Waals surface area contributed by atoms with Crippen LogP contribution in [0.1, 0.15) is 34.1 Å². The van der Waals surface area contributed by atoms with E-state index in [4.69, 9.17) is 0 Å². The second kappa shape index (κ2) is 2.52. The first-order valence-electron chi connectivity index (χ1n) is 4.02. The van der Waals surface area contributed by atoms with E-state index in [0.717, 1.165) is 0 Å². The van der Waals surface area contributed by atoms with E-state index in [2.05, 4.69) is 55.5 Å². The van der Waals surface area contributed by atoms with Gasteiger partial charge in [-0.25, -0.2) is 0 Å². The second-order valence-electron chi connectivity index (χ2n) is 4.59. The van der Waals surface area contributed by atoms with Crippen LogP contribution in [0.2, 0.25) is 0 Å². The van der Waals surface area contributed by atoms with Gasteiger partial charge in [0.2, 0.25) is 0 Å². The molecular weight excluding hydrogens is 200 g/mol. The van der Waals surface area contributed by atoms with Crippen LogP contribution in [0.15, 0.2) is 0 Å². The molecule has 0 aromatic heterocycles. The van der Waals surface area contributed by atoms with Gasteiger partial charge in [-0.05, 0) is 34.1 Å². The quantitative estimate of drug-likeness (QED) is 0.430. The van der Waals surface area contributed by atoms with Crippen molar-refractivity contribution in [2.75, 3.05) is 0 Å². The van der Waals surface area contributed by atoms with Crippen LogP contribution in [0.5, 0.6) is 0 Å². The molecule has 0 spiro atoms. The summed E-state index contributed by atoms with van der Waals surface area (Å²) in [6, 6.07) is 0. The van der Waals surface area contributed by atoms with Crippen molar-refractivity contribution in [3.8, 4) is 11.8 Å². The molecule has 0 aliphatic heterocycles. The van der Waals surface area contributed by atoms with E-state index in [-0.39, 0.29) is 10.8 Å². The third kappa shape index (κ3) is 2.52. The minimum absolute atomic E-state index is 0.151. The first kappa shape index (κ1) is 9.13. The van der Waals surface area contributed by atoms with Gasteiger partial charge in [0, 0.05) is 15.7 Å². The van der Waals surface area contributed by atoms with Crippen molar-refractivity contribution in [1.29, 1.82) is 0 Å². The lowest BCUT2D eigenvalue weighted by atomic mass is 9.96. The molecule has 11 heavy (non-hydrogen) atoms. The third-order valence-electron chi connectivity index (χ3n) is 1.86. The van der Waals surface area contributed by atoms with Crippen molar-refractivity contribution < 1.29 is 0 Å². The van der Waals surface area contributed by atoms with E-state index >= 15 is 0 Å². The number of halogens is 1. The fourth-order valence-corrected chi connectivity index (χ4v) is 1.56. The summed E-state index contributed by atoms with van der Waals surface area (Å²) in [7, 11) is 0. The van der Waals surface area contributed by atoms with Gasteiger partial charge in [-0.3, -0.25) is 0 Å². The topological polar surface area (TPSA) is 0 Å². The predicted molar refractivity (Wildman–Crippen MR) is 52.7 cm³/mol. The van der Waals surface area contributed by atoms with Crippen molar-refractivity contribution in [3.05, 3.63) is 0 Å². The SMILES string of the molecule is CC(C)(C)C#C[C@]1(C)C[C@H]1Br. The summed E-state index contributed by atoms with van der Waals surface area (Å²) in [5.74, 6) is 6.60. The molecule has 0 unspecified atom stereocenters. The van der Waals surface area contributed by atoms with Crippen LogP contribution in [-0.2, 0) is 0 Å². The molecule has 0 aromatic carbocycles. The van der Waals surface area contributed by atoms with Gasteiger partial charge in [0.25, 0.3) is 0 Å². The Bertz CT molecular complexity index is 213. The Labute approximate surface area is 77.9 Å². The second-order valence-corrected chi connectivity index (χ2v) is 5.69. The molecule has 0 nitrogen and oxygen atoms in total. The summed E-state index contributed by atoms with van der Waals surface area (Å²) in [4.78, 5) is 0.629. The average Bonchev–Trinajstić information content (AvgIpc) is 2.36. The summed E-state index contributed by atoms with van der Waals surface area (Å²) < 4.78 is 0. The standard InChI is InChI=1S/C10H15Br/c1-9(2,3)5-6-10(4)7-8(10)11/h8H,7H2,1-4H3/t8-,10-/m1/s1. The molecule has 0 N–H and O–H groups in total. The zero-order valence-corrected chi connectivity index (χ0v) is 9.25. The zero-order chi connectivity index (χ0) is 8.70. The summed E-state index contributed by atoms with van der Waals surface area (Å²) in [5, 5.41) is 0. The Kier molecular flexibility index (Phi) is 2.09. The van der Waals surface area contributed by atoms with Crippen molar-refractivity contribution in [1.82, 2.24) is 0 Å². The molecule has 0 saturated heterocycles. The molecule has 62 valence electrons. The highest BCUT2D eigenvalue weighted by Crippen LogP contribution is 2.50. The maximum absolute atomic E-state index is 3.57. The molecule has 1 aliphatic carbocycles. The fourth-order valence-electron chi connectivity index (χ4n) is 0.773. The fraction of sp³-hybridized carbons (Fsp3) is 0.800. The van der Waals surface area contributed by atoms with Crippen molar-refractivity contribution in [2.45, 2.75) is 38.9 Å². The van der Waals surface area contributed by atoms with E-state index in [1.165, 1.54) is 6.42 Å². The first-order valence-corrected chi connectivity index (χ1v) is 4.93. The van der Waals surface area contributed by atoms with Gasteiger partial charge in [0.1, 0.15) is 0 Å². The van der Waals surface area contributed by atoms with Crippen LogP contribution in [0, 0.1) is 22.7 Å². The maximum Gasteiger partial charge on any atom is 0.0423 e. The van der Waals surface area contributed by atoms with E-state index in [1.54, 1.807) is 0 Å². The molecule has 1 saturated carbocycles. The maximum atomic E-state index is 3.57. The minimum atomic E-state index is 0.151. The summed E-state index contributed by atoms with van der Waals surface area (Å²) >= 11 is 3.57. The van der Waals surface area contributed by atoms with Crippen molar-refractivity contribution in [3.63, 3.8) is 0 Å². The number of hydrogen-bond acceptors (Lipinski definition) is 0. The van der Waals surface area contributed by atoms with Gasteiger partial charge in [-0.15, -0.1) is 0 Å². The number of hydrogen-bond donors (Lipinski definition) is 0. The molecule has 2 atom stereocenters. The highest BCUT2D eigenvalue weighted by atomic mass is 79.9. The smallest absolute Gasteiger partial charge is 0.0423 e. The van der Waals surface area contributed by atoms with E-state index in [9.17, 15) is 0 Å². The van der Waals surface area contributed by atoms with Crippen LogP contribution in [0.25, 0.3) is 0 Å². The van der Waals surface area contributed by atoms with Gasteiger partial charge >= 0.3 is 0 Å². The van der Waals surface area contributed by atoms with Gasteiger partial charge in [-0.2, -0.15) is 0 Å². The summed E-state index contributed by atoms with van der Waals surface area (Å²) in [6.45, 7) is 8.66. The van der Waals surface area contributed by atoms with Crippen LogP contribution in [0.4, 0.5) is 0 Å². The normalized spacial score (nSPS) is 35.9. The van der Waals surface area contributed by atoms with Crippen molar-refractivity contribution in [2.24, 2.45) is 10.8 Å². The van der Waals surface area contributed by atoms with E-state index in [0.29, 0.717) is 4.83 Å². The van der Waals surface area contributed by atoms with Gasteiger partial charge in [-0.1, -0.05) is 27.8 Å². The Balaban J connectivity index is 2.59. The Hall–Kier alpha value is 0.0400. The Morgan fingerprint density at radius 2 is 1.91 bits per heavy atom. The third-order valence-corrected chi connectivity index (χ3v) is 3.19. The molecule has 1 rings (SSSR count). The lowest BCUT2D eigenvalue weighted by molar-refractivity contribution is 0.567. The van der Waals surface area contributed by atoms with Crippen LogP contribution in [-0.4, -0.2) is 4.83 Å². The Morgan fingerprint density at radius 1 is 1.45 bits per heavy atom. The number of rotatable bonds is 0. The van der Waals surface area contributed by atoms with E-state index in [1.807, 2.05) is 0 Å². The lowest BCUT2D eigenvalue weighted by Gasteiger charge is -2.08. The Morgan fingerprint density at radius 3 is 2.18 bits per heavy atom. The molecule has 0 aromatic rings. The molecule has 0 radical (unpaired) electrons. The molecular formula is C10H15Br. The summed E-state index contributed by atoms with van der Waals surface area (Å²) in [6.07, 6.45) is 1.20.